The van der Waals surface area contributed by atoms with Gasteiger partial charge in [0.2, 0.25) is 10.0 Å². The van der Waals surface area contributed by atoms with Gasteiger partial charge in [-0.25, -0.2) is 13.1 Å². The third-order valence-electron chi connectivity index (χ3n) is 3.39. The number of hydrogen-bond acceptors (Lipinski definition) is 5. The molecule has 2 aromatic heterocycles. The van der Waals surface area contributed by atoms with Gasteiger partial charge in [-0.05, 0) is 19.9 Å². The monoisotopic (exact) mass is 312 g/mol. The molecule has 7 nitrogen and oxygen atoms in total. The van der Waals surface area contributed by atoms with E-state index in [9.17, 15) is 8.42 Å². The minimum atomic E-state index is -3.63. The normalized spacial score (nSPS) is 12.0. The van der Waals surface area contributed by atoms with Crippen LogP contribution in [-0.4, -0.2) is 24.7 Å². The highest BCUT2D eigenvalue weighted by Crippen LogP contribution is 2.25. The van der Waals surface area contributed by atoms with Crippen LogP contribution < -0.4 is 10.5 Å². The predicted molar refractivity (Wildman–Crippen MR) is 78.2 cm³/mol. The summed E-state index contributed by atoms with van der Waals surface area (Å²) < 4.78 is 34.5. The average molecular weight is 312 g/mol. The van der Waals surface area contributed by atoms with Gasteiger partial charge in [-0.3, -0.25) is 4.68 Å². The van der Waals surface area contributed by atoms with Crippen molar-refractivity contribution < 1.29 is 12.8 Å². The molecule has 0 aromatic carbocycles. The molecular weight excluding hydrogens is 292 g/mol. The summed E-state index contributed by atoms with van der Waals surface area (Å²) in [6.07, 6.45) is 2.24. The van der Waals surface area contributed by atoms with Crippen molar-refractivity contribution >= 4 is 10.0 Å². The van der Waals surface area contributed by atoms with E-state index in [0.717, 1.165) is 5.69 Å². The van der Waals surface area contributed by atoms with Crippen molar-refractivity contribution in [1.29, 1.82) is 0 Å². The molecule has 0 bridgehead atoms. The van der Waals surface area contributed by atoms with Crippen LogP contribution in [0.2, 0.25) is 0 Å². The van der Waals surface area contributed by atoms with Crippen LogP contribution in [0.5, 0.6) is 0 Å². The lowest BCUT2D eigenvalue weighted by Crippen LogP contribution is -2.27. The molecule has 116 valence electrons. The van der Waals surface area contributed by atoms with Gasteiger partial charge in [0.1, 0.15) is 16.4 Å². The summed E-state index contributed by atoms with van der Waals surface area (Å²) in [6.45, 7) is 3.75. The van der Waals surface area contributed by atoms with Crippen LogP contribution in [0.3, 0.4) is 0 Å². The van der Waals surface area contributed by atoms with Crippen molar-refractivity contribution in [3.63, 3.8) is 0 Å². The third-order valence-corrected chi connectivity index (χ3v) is 5.05. The molecule has 0 unspecified atom stereocenters. The first-order valence-electron chi connectivity index (χ1n) is 6.62. The minimum Gasteiger partial charge on any atom is -0.465 e. The SMILES string of the molecule is Cc1oc(C)c(S(=O)(=O)NCCc2ccnn2C)c1CN. The molecule has 0 saturated carbocycles. The lowest BCUT2D eigenvalue weighted by molar-refractivity contribution is 0.494. The Hall–Kier alpha value is -1.64. The summed E-state index contributed by atoms with van der Waals surface area (Å²) in [6, 6.07) is 1.85. The molecular formula is C13H20N4O3S. The van der Waals surface area contributed by atoms with E-state index < -0.39 is 10.0 Å². The molecule has 0 spiro atoms. The highest BCUT2D eigenvalue weighted by atomic mass is 32.2. The van der Waals surface area contributed by atoms with E-state index in [4.69, 9.17) is 10.2 Å². The molecule has 8 heteroatoms. The maximum absolute atomic E-state index is 12.4. The smallest absolute Gasteiger partial charge is 0.244 e. The van der Waals surface area contributed by atoms with Crippen LogP contribution in [0, 0.1) is 13.8 Å². The molecule has 0 fully saturated rings. The Morgan fingerprint density at radius 1 is 1.38 bits per heavy atom. The summed E-state index contributed by atoms with van der Waals surface area (Å²) in [4.78, 5) is 0.160. The molecule has 3 N–H and O–H groups in total. The first-order valence-corrected chi connectivity index (χ1v) is 8.10. The van der Waals surface area contributed by atoms with E-state index in [0.29, 0.717) is 23.5 Å². The summed E-state index contributed by atoms with van der Waals surface area (Å²) in [5.74, 6) is 0.906. The molecule has 0 saturated heterocycles. The molecule has 0 aliphatic heterocycles. The van der Waals surface area contributed by atoms with Crippen LogP contribution in [-0.2, 0) is 30.0 Å². The van der Waals surface area contributed by atoms with Crippen LogP contribution in [0.4, 0.5) is 0 Å². The Kier molecular flexibility index (Phi) is 4.50. The van der Waals surface area contributed by atoms with Gasteiger partial charge < -0.3 is 10.2 Å². The molecule has 2 rings (SSSR count). The highest BCUT2D eigenvalue weighted by molar-refractivity contribution is 7.89. The van der Waals surface area contributed by atoms with Gasteiger partial charge in [0.05, 0.1) is 0 Å². The van der Waals surface area contributed by atoms with Gasteiger partial charge in [-0.2, -0.15) is 5.10 Å². The first kappa shape index (κ1) is 15.7. The fourth-order valence-corrected chi connectivity index (χ4v) is 3.82. The van der Waals surface area contributed by atoms with Crippen LogP contribution in [0.15, 0.2) is 21.6 Å². The fraction of sp³-hybridized carbons (Fsp3) is 0.462. The van der Waals surface area contributed by atoms with E-state index in [1.54, 1.807) is 24.7 Å². The van der Waals surface area contributed by atoms with Crippen molar-refractivity contribution in [2.45, 2.75) is 31.7 Å². The van der Waals surface area contributed by atoms with E-state index in [1.807, 2.05) is 13.1 Å². The number of furan rings is 1. The van der Waals surface area contributed by atoms with E-state index in [1.165, 1.54) is 0 Å². The second-order valence-electron chi connectivity index (χ2n) is 4.82. The standard InChI is InChI=1S/C13H20N4O3S/c1-9-12(8-14)13(10(2)20-9)21(18,19)16-7-5-11-4-6-15-17(11)3/h4,6,16H,5,7-8,14H2,1-3H3. The zero-order chi connectivity index (χ0) is 15.6. The molecule has 2 heterocycles. The molecule has 0 atom stereocenters. The average Bonchev–Trinajstić information content (AvgIpc) is 2.93. The van der Waals surface area contributed by atoms with Gasteiger partial charge in [0, 0.05) is 44.0 Å². The Labute approximate surface area is 124 Å². The number of nitrogens with zero attached hydrogens (tertiary/aromatic N) is 2. The largest absolute Gasteiger partial charge is 0.465 e. The van der Waals surface area contributed by atoms with Gasteiger partial charge in [-0.15, -0.1) is 0 Å². The second kappa shape index (κ2) is 6.00. The Morgan fingerprint density at radius 2 is 2.10 bits per heavy atom. The summed E-state index contributed by atoms with van der Waals surface area (Å²) in [5, 5.41) is 4.04. The van der Waals surface area contributed by atoms with Crippen molar-refractivity contribution in [1.82, 2.24) is 14.5 Å². The lowest BCUT2D eigenvalue weighted by Gasteiger charge is -2.08. The van der Waals surface area contributed by atoms with E-state index in [-0.39, 0.29) is 18.0 Å². The Morgan fingerprint density at radius 3 is 2.67 bits per heavy atom. The van der Waals surface area contributed by atoms with E-state index >= 15 is 0 Å². The third kappa shape index (κ3) is 3.17. The summed E-state index contributed by atoms with van der Waals surface area (Å²) >= 11 is 0. The number of rotatable bonds is 6. The number of nitrogens with one attached hydrogen (secondary N) is 1. The summed E-state index contributed by atoms with van der Waals surface area (Å²) in [5.41, 5.74) is 7.11. The number of sulfonamides is 1. The van der Waals surface area contributed by atoms with Gasteiger partial charge in [0.15, 0.2) is 0 Å². The van der Waals surface area contributed by atoms with Gasteiger partial charge in [0.25, 0.3) is 0 Å². The Bertz CT molecular complexity index is 731. The zero-order valence-electron chi connectivity index (χ0n) is 12.4. The quantitative estimate of drug-likeness (QED) is 0.813. The maximum Gasteiger partial charge on any atom is 0.244 e. The van der Waals surface area contributed by atoms with Crippen molar-refractivity contribution in [3.8, 4) is 0 Å². The molecule has 21 heavy (non-hydrogen) atoms. The lowest BCUT2D eigenvalue weighted by atomic mass is 10.2. The second-order valence-corrected chi connectivity index (χ2v) is 6.52. The molecule has 0 amide bonds. The predicted octanol–water partition coefficient (Wildman–Crippen LogP) is 0.610. The fourth-order valence-electron chi connectivity index (χ4n) is 2.33. The van der Waals surface area contributed by atoms with E-state index in [2.05, 4.69) is 9.82 Å². The van der Waals surface area contributed by atoms with Gasteiger partial charge >= 0.3 is 0 Å². The number of hydrogen-bond donors (Lipinski definition) is 2. The topological polar surface area (TPSA) is 103 Å². The Balaban J connectivity index is 2.14. The summed E-state index contributed by atoms with van der Waals surface area (Å²) in [7, 11) is -1.81. The first-order chi connectivity index (χ1) is 9.86. The number of aromatic nitrogens is 2. The molecule has 2 aromatic rings. The van der Waals surface area contributed by atoms with Crippen LogP contribution >= 0.6 is 0 Å². The minimum absolute atomic E-state index is 0.126. The van der Waals surface area contributed by atoms with Crippen molar-refractivity contribution in [2.75, 3.05) is 6.54 Å². The van der Waals surface area contributed by atoms with Crippen molar-refractivity contribution in [2.24, 2.45) is 12.8 Å². The number of aryl methyl sites for hydroxylation is 3. The maximum atomic E-state index is 12.4. The van der Waals surface area contributed by atoms with Gasteiger partial charge in [-0.1, -0.05) is 0 Å². The number of nitrogens with two attached hydrogens (primary N) is 1. The van der Waals surface area contributed by atoms with Crippen molar-refractivity contribution in [3.05, 3.63) is 35.0 Å². The molecule has 0 radical (unpaired) electrons. The van der Waals surface area contributed by atoms with Crippen LogP contribution in [0.1, 0.15) is 22.8 Å². The zero-order valence-corrected chi connectivity index (χ0v) is 13.2. The van der Waals surface area contributed by atoms with Crippen LogP contribution in [0.25, 0.3) is 0 Å². The highest BCUT2D eigenvalue weighted by Gasteiger charge is 2.25. The molecule has 0 aliphatic carbocycles. The molecule has 0 aliphatic rings.